The molecule has 0 spiro atoms. The van der Waals surface area contributed by atoms with Gasteiger partial charge in [0.1, 0.15) is 18.4 Å². The van der Waals surface area contributed by atoms with Crippen LogP contribution in [-0.2, 0) is 0 Å². The Balaban J connectivity index is 1.90. The third kappa shape index (κ3) is 4.51. The molecule has 2 heterocycles. The number of halogens is 3. The summed E-state index contributed by atoms with van der Waals surface area (Å²) in [6.07, 6.45) is 1.46. The number of anilines is 2. The van der Waals surface area contributed by atoms with E-state index < -0.39 is 0 Å². The van der Waals surface area contributed by atoms with Crippen molar-refractivity contribution in [3.05, 3.63) is 52.1 Å². The number of rotatable bonds is 7. The minimum Gasteiger partial charge on any atom is -0.495 e. The van der Waals surface area contributed by atoms with E-state index in [1.54, 1.807) is 25.3 Å². The molecule has 0 aliphatic rings. The largest absolute Gasteiger partial charge is 0.495 e. The molecule has 4 rings (SSSR count). The Kier molecular flexibility index (Phi) is 6.80. The maximum atomic E-state index is 9.71. The van der Waals surface area contributed by atoms with Gasteiger partial charge in [-0.1, -0.05) is 23.2 Å². The Morgan fingerprint density at radius 1 is 1.00 bits per heavy atom. The monoisotopic (exact) mass is 502 g/mol. The van der Waals surface area contributed by atoms with Gasteiger partial charge in [-0.25, -0.2) is 9.97 Å². The second-order valence-corrected chi connectivity index (χ2v) is 8.04. The average Bonchev–Trinajstić information content (AvgIpc) is 2.82. The van der Waals surface area contributed by atoms with Gasteiger partial charge in [0.15, 0.2) is 17.1 Å². The topological polar surface area (TPSA) is 89.3 Å². The standard InChI is InChI=1S/C23H17Cl3N4O3/c1-31-19-9-18(15(25)7-16(19)26)29-22-13(10-27)11-28-23-14(22)5-12-6-20(32-2)21(33-4-3-24)8-17(12)30-23/h5-9,11H,3-4H2,1-2H3,(H,28,29,30). The van der Waals surface area contributed by atoms with Crippen LogP contribution < -0.4 is 19.5 Å². The molecule has 0 radical (unpaired) electrons. The van der Waals surface area contributed by atoms with Gasteiger partial charge in [-0.15, -0.1) is 11.6 Å². The number of nitrogens with zero attached hydrogens (tertiary/aromatic N) is 3. The maximum Gasteiger partial charge on any atom is 0.163 e. The van der Waals surface area contributed by atoms with E-state index in [0.717, 1.165) is 5.39 Å². The molecule has 2 aromatic carbocycles. The van der Waals surface area contributed by atoms with E-state index in [0.29, 0.717) is 73.3 Å². The van der Waals surface area contributed by atoms with Crippen LogP contribution in [-0.4, -0.2) is 36.7 Å². The van der Waals surface area contributed by atoms with Crippen molar-refractivity contribution in [1.29, 1.82) is 5.26 Å². The molecule has 7 nitrogen and oxygen atoms in total. The first-order valence-corrected chi connectivity index (χ1v) is 11.0. The lowest BCUT2D eigenvalue weighted by atomic mass is 10.1. The summed E-state index contributed by atoms with van der Waals surface area (Å²) >= 11 is 18.3. The second-order valence-electron chi connectivity index (χ2n) is 6.84. The van der Waals surface area contributed by atoms with Crippen LogP contribution in [0.15, 0.2) is 36.5 Å². The first-order valence-electron chi connectivity index (χ1n) is 9.69. The number of alkyl halides is 1. The number of hydrogen-bond donors (Lipinski definition) is 1. The van der Waals surface area contributed by atoms with Crippen molar-refractivity contribution in [2.24, 2.45) is 0 Å². The summed E-state index contributed by atoms with van der Waals surface area (Å²) in [5.41, 5.74) is 2.44. The fourth-order valence-electron chi connectivity index (χ4n) is 3.35. The van der Waals surface area contributed by atoms with Crippen molar-refractivity contribution in [1.82, 2.24) is 9.97 Å². The lowest BCUT2D eigenvalue weighted by molar-refractivity contribution is 0.313. The Morgan fingerprint density at radius 2 is 1.79 bits per heavy atom. The van der Waals surface area contributed by atoms with E-state index in [9.17, 15) is 5.26 Å². The molecule has 10 heteroatoms. The van der Waals surface area contributed by atoms with E-state index in [-0.39, 0.29) is 0 Å². The van der Waals surface area contributed by atoms with Crippen molar-refractivity contribution < 1.29 is 14.2 Å². The molecular formula is C23H17Cl3N4O3. The summed E-state index contributed by atoms with van der Waals surface area (Å²) in [5.74, 6) is 1.86. The summed E-state index contributed by atoms with van der Waals surface area (Å²) in [6, 6.07) is 10.9. The molecule has 0 atom stereocenters. The van der Waals surface area contributed by atoms with Crippen molar-refractivity contribution in [3.8, 4) is 23.3 Å². The predicted molar refractivity (Wildman–Crippen MR) is 131 cm³/mol. The summed E-state index contributed by atoms with van der Waals surface area (Å²) in [4.78, 5) is 9.03. The molecule has 0 saturated carbocycles. The molecule has 0 unspecified atom stereocenters. The number of pyridine rings is 2. The van der Waals surface area contributed by atoms with Crippen LogP contribution >= 0.6 is 34.8 Å². The highest BCUT2D eigenvalue weighted by Gasteiger charge is 2.16. The Morgan fingerprint density at radius 3 is 2.48 bits per heavy atom. The molecule has 168 valence electrons. The summed E-state index contributed by atoms with van der Waals surface area (Å²) in [5, 5.41) is 15.1. The lowest BCUT2D eigenvalue weighted by Crippen LogP contribution is -2.01. The van der Waals surface area contributed by atoms with Crippen molar-refractivity contribution >= 4 is 68.1 Å². The average molecular weight is 504 g/mol. The normalized spacial score (nSPS) is 10.8. The van der Waals surface area contributed by atoms with Crippen molar-refractivity contribution in [2.45, 2.75) is 0 Å². The van der Waals surface area contributed by atoms with E-state index in [1.165, 1.54) is 13.3 Å². The number of hydrogen-bond acceptors (Lipinski definition) is 7. The van der Waals surface area contributed by atoms with Crippen LogP contribution in [0.3, 0.4) is 0 Å². The van der Waals surface area contributed by atoms with E-state index in [1.807, 2.05) is 12.1 Å². The third-order valence-electron chi connectivity index (χ3n) is 4.89. The molecular weight excluding hydrogens is 487 g/mol. The first-order chi connectivity index (χ1) is 16.0. The van der Waals surface area contributed by atoms with Crippen LogP contribution in [0.2, 0.25) is 10.0 Å². The molecule has 0 aliphatic heterocycles. The van der Waals surface area contributed by atoms with Gasteiger partial charge in [0.2, 0.25) is 0 Å². The zero-order valence-corrected chi connectivity index (χ0v) is 19.8. The number of aromatic nitrogens is 2. The summed E-state index contributed by atoms with van der Waals surface area (Å²) < 4.78 is 16.4. The number of nitrogens with one attached hydrogen (secondary N) is 1. The number of ether oxygens (including phenoxy) is 3. The molecule has 0 amide bonds. The van der Waals surface area contributed by atoms with Crippen LogP contribution in [0.25, 0.3) is 21.9 Å². The minimum absolute atomic E-state index is 0.322. The van der Waals surface area contributed by atoms with Gasteiger partial charge < -0.3 is 19.5 Å². The number of benzene rings is 2. The summed E-state index contributed by atoms with van der Waals surface area (Å²) in [6.45, 7) is 0.333. The SMILES string of the molecule is COc1cc(Nc2c(C#N)cnc3nc4cc(OCCCl)c(OC)cc4cc23)c(Cl)cc1Cl. The molecule has 33 heavy (non-hydrogen) atoms. The summed E-state index contributed by atoms with van der Waals surface area (Å²) in [7, 11) is 3.07. The fraction of sp³-hybridized carbons (Fsp3) is 0.174. The molecule has 0 bridgehead atoms. The quantitative estimate of drug-likeness (QED) is 0.232. The zero-order valence-electron chi connectivity index (χ0n) is 17.6. The minimum atomic E-state index is 0.322. The van der Waals surface area contributed by atoms with Gasteiger partial charge >= 0.3 is 0 Å². The van der Waals surface area contributed by atoms with Gasteiger partial charge in [-0.2, -0.15) is 5.26 Å². The van der Waals surface area contributed by atoms with Gasteiger partial charge in [0, 0.05) is 29.1 Å². The second kappa shape index (κ2) is 9.75. The van der Waals surface area contributed by atoms with Crippen molar-refractivity contribution in [2.75, 3.05) is 32.0 Å². The number of nitriles is 1. The Labute approximate surface area is 204 Å². The van der Waals surface area contributed by atoms with Crippen LogP contribution in [0.5, 0.6) is 17.2 Å². The van der Waals surface area contributed by atoms with E-state index >= 15 is 0 Å². The number of fused-ring (bicyclic) bond motifs is 2. The predicted octanol–water partition coefficient (Wildman–Crippen LogP) is 6.34. The molecule has 0 saturated heterocycles. The Hall–Kier alpha value is -3.18. The zero-order chi connectivity index (χ0) is 23.5. The van der Waals surface area contributed by atoms with Crippen LogP contribution in [0, 0.1) is 11.3 Å². The van der Waals surface area contributed by atoms with Gasteiger partial charge in [0.05, 0.1) is 52.6 Å². The molecule has 4 aromatic rings. The van der Waals surface area contributed by atoms with Crippen LogP contribution in [0.1, 0.15) is 5.56 Å². The van der Waals surface area contributed by atoms with E-state index in [2.05, 4.69) is 21.4 Å². The highest BCUT2D eigenvalue weighted by molar-refractivity contribution is 6.37. The fourth-order valence-corrected chi connectivity index (χ4v) is 3.93. The molecule has 1 N–H and O–H groups in total. The van der Waals surface area contributed by atoms with Gasteiger partial charge in [-0.3, -0.25) is 0 Å². The smallest absolute Gasteiger partial charge is 0.163 e. The maximum absolute atomic E-state index is 9.71. The third-order valence-corrected chi connectivity index (χ3v) is 5.65. The Bertz CT molecular complexity index is 1410. The lowest BCUT2D eigenvalue weighted by Gasteiger charge is -2.15. The molecule has 0 fully saturated rings. The molecule has 0 aliphatic carbocycles. The highest BCUT2D eigenvalue weighted by atomic mass is 35.5. The highest BCUT2D eigenvalue weighted by Crippen LogP contribution is 2.39. The van der Waals surface area contributed by atoms with Crippen molar-refractivity contribution in [3.63, 3.8) is 0 Å². The number of methoxy groups -OCH3 is 2. The van der Waals surface area contributed by atoms with E-state index in [4.69, 9.17) is 49.0 Å². The molecule has 2 aromatic heterocycles. The van der Waals surface area contributed by atoms with Gasteiger partial charge in [-0.05, 0) is 18.2 Å². The van der Waals surface area contributed by atoms with Crippen LogP contribution in [0.4, 0.5) is 11.4 Å². The van der Waals surface area contributed by atoms with Gasteiger partial charge in [0.25, 0.3) is 0 Å². The first kappa shape index (κ1) is 23.0.